The number of nitrogens with zero attached hydrogens (tertiary/aromatic N) is 1. The number of rotatable bonds is 1. The summed E-state index contributed by atoms with van der Waals surface area (Å²) in [5.41, 5.74) is 5.86. The summed E-state index contributed by atoms with van der Waals surface area (Å²) in [5, 5.41) is 0. The van der Waals surface area contributed by atoms with E-state index in [1.165, 1.54) is 6.34 Å². The zero-order valence-electron chi connectivity index (χ0n) is 5.05. The lowest BCUT2D eigenvalue weighted by atomic mass is 10.5. The maximum Gasteiger partial charge on any atom is 0.0856 e. The van der Waals surface area contributed by atoms with Crippen LogP contribution in [0.4, 0.5) is 0 Å². The molecule has 0 aliphatic rings. The van der Waals surface area contributed by atoms with Gasteiger partial charge in [-0.25, -0.2) is 4.99 Å². The van der Waals surface area contributed by atoms with Crippen LogP contribution in [0.15, 0.2) is 15.6 Å². The maximum absolute atomic E-state index is 5.01. The highest BCUT2D eigenvalue weighted by molar-refractivity contribution is 7.84. The third-order valence-electron chi connectivity index (χ3n) is 0.792. The van der Waals surface area contributed by atoms with Gasteiger partial charge in [-0.2, -0.15) is 0 Å². The summed E-state index contributed by atoms with van der Waals surface area (Å²) in [4.78, 5) is 4.68. The molecule has 0 spiro atoms. The Morgan fingerprint density at radius 3 is 2.25 bits per heavy atom. The molecule has 0 heterocycles. The van der Waals surface area contributed by atoms with E-state index in [1.54, 1.807) is 0 Å². The third-order valence-corrected chi connectivity index (χ3v) is 1.12. The van der Waals surface area contributed by atoms with Gasteiger partial charge in [-0.05, 0) is 18.8 Å². The van der Waals surface area contributed by atoms with Crippen LogP contribution in [0.5, 0.6) is 0 Å². The molecule has 0 atom stereocenters. The molecule has 8 heavy (non-hydrogen) atoms. The van der Waals surface area contributed by atoms with Crippen LogP contribution in [0.25, 0.3) is 0 Å². The number of thiol groups is 1. The largest absolute Gasteiger partial charge is 0.390 e. The van der Waals surface area contributed by atoms with Gasteiger partial charge in [0.25, 0.3) is 0 Å². The zero-order valence-corrected chi connectivity index (χ0v) is 5.94. The van der Waals surface area contributed by atoms with Gasteiger partial charge in [-0.1, -0.05) is 0 Å². The Morgan fingerprint density at radius 2 is 2.12 bits per heavy atom. The van der Waals surface area contributed by atoms with E-state index in [-0.39, 0.29) is 0 Å². The molecule has 46 valence electrons. The first-order valence-electron chi connectivity index (χ1n) is 2.29. The second-order valence-electron chi connectivity index (χ2n) is 1.45. The number of nitrogens with two attached hydrogens (primary N) is 1. The maximum atomic E-state index is 5.01. The summed E-state index contributed by atoms with van der Waals surface area (Å²) in [5.74, 6) is 0. The highest BCUT2D eigenvalue weighted by Crippen LogP contribution is 2.06. The van der Waals surface area contributed by atoms with Gasteiger partial charge >= 0.3 is 0 Å². The van der Waals surface area contributed by atoms with Crippen molar-refractivity contribution < 1.29 is 0 Å². The lowest BCUT2D eigenvalue weighted by Gasteiger charge is -1.90. The van der Waals surface area contributed by atoms with Crippen LogP contribution >= 0.6 is 12.6 Å². The van der Waals surface area contributed by atoms with Gasteiger partial charge in [-0.15, -0.1) is 12.6 Å². The van der Waals surface area contributed by atoms with Crippen molar-refractivity contribution in [3.8, 4) is 0 Å². The molecule has 0 aromatic rings. The second kappa shape index (κ2) is 3.55. The number of aliphatic imine (C=N–C) groups is 1. The fourth-order valence-electron chi connectivity index (χ4n) is 0.205. The Balaban J connectivity index is 4.00. The van der Waals surface area contributed by atoms with Gasteiger partial charge in [0.1, 0.15) is 0 Å². The molecule has 0 saturated carbocycles. The highest BCUT2D eigenvalue weighted by Gasteiger charge is 1.83. The van der Waals surface area contributed by atoms with Gasteiger partial charge in [0.05, 0.1) is 6.34 Å². The second-order valence-corrected chi connectivity index (χ2v) is 2.12. The first kappa shape index (κ1) is 7.56. The van der Waals surface area contributed by atoms with Crippen molar-refractivity contribution in [3.05, 3.63) is 10.6 Å². The summed E-state index contributed by atoms with van der Waals surface area (Å²) < 4.78 is 0. The molecule has 0 radical (unpaired) electrons. The van der Waals surface area contributed by atoms with Crippen molar-refractivity contribution in [2.45, 2.75) is 13.8 Å². The van der Waals surface area contributed by atoms with E-state index in [0.29, 0.717) is 0 Å². The number of hydrogen-bond acceptors (Lipinski definition) is 2. The minimum atomic E-state index is 0.857. The molecule has 2 N–H and O–H groups in total. The van der Waals surface area contributed by atoms with E-state index in [9.17, 15) is 0 Å². The summed E-state index contributed by atoms with van der Waals surface area (Å²) in [6.07, 6.45) is 1.26. The van der Waals surface area contributed by atoms with Crippen LogP contribution in [-0.4, -0.2) is 6.34 Å². The molecule has 0 amide bonds. The highest BCUT2D eigenvalue weighted by atomic mass is 32.1. The van der Waals surface area contributed by atoms with Crippen molar-refractivity contribution in [3.63, 3.8) is 0 Å². The smallest absolute Gasteiger partial charge is 0.0856 e. The van der Waals surface area contributed by atoms with E-state index in [0.717, 1.165) is 10.6 Å². The SMILES string of the molecule is C/C(S)=C(\C)N=CN. The standard InChI is InChI=1S/C5H10N2S/c1-4(5(2)8)7-3-6/h3,8H,1-2H3,(H2,6,7)/b5-4-. The molecule has 0 aromatic heterocycles. The molecule has 2 nitrogen and oxygen atoms in total. The van der Waals surface area contributed by atoms with Crippen molar-refractivity contribution >= 4 is 19.0 Å². The molecule has 0 aliphatic carbocycles. The Bertz CT molecular complexity index is 122. The van der Waals surface area contributed by atoms with Crippen LogP contribution in [0.2, 0.25) is 0 Å². The van der Waals surface area contributed by atoms with Crippen molar-refractivity contribution in [1.29, 1.82) is 0 Å². The summed E-state index contributed by atoms with van der Waals surface area (Å²) in [7, 11) is 0. The number of allylic oxidation sites excluding steroid dienone is 2. The van der Waals surface area contributed by atoms with E-state index >= 15 is 0 Å². The zero-order chi connectivity index (χ0) is 6.57. The molecule has 0 fully saturated rings. The first-order valence-corrected chi connectivity index (χ1v) is 2.74. The molecular formula is C5H10N2S. The first-order chi connectivity index (χ1) is 3.68. The summed E-state index contributed by atoms with van der Waals surface area (Å²) >= 11 is 4.04. The molecule has 0 aromatic carbocycles. The lowest BCUT2D eigenvalue weighted by molar-refractivity contribution is 1.28. The Hall–Kier alpha value is -0.440. The third kappa shape index (κ3) is 2.69. The summed E-state index contributed by atoms with van der Waals surface area (Å²) in [6, 6.07) is 0. The minimum absolute atomic E-state index is 0.857. The van der Waals surface area contributed by atoms with E-state index in [1.807, 2.05) is 13.8 Å². The molecule has 0 aliphatic heterocycles. The fourth-order valence-corrected chi connectivity index (χ4v) is 0.263. The van der Waals surface area contributed by atoms with Crippen LogP contribution in [0.3, 0.4) is 0 Å². The lowest BCUT2D eigenvalue weighted by Crippen LogP contribution is -1.88. The van der Waals surface area contributed by atoms with Crippen molar-refractivity contribution in [2.75, 3.05) is 0 Å². The quantitative estimate of drug-likeness (QED) is 0.312. The molecule has 0 rings (SSSR count). The Labute approximate surface area is 54.9 Å². The van der Waals surface area contributed by atoms with Gasteiger partial charge < -0.3 is 5.73 Å². The topological polar surface area (TPSA) is 38.4 Å². The molecular weight excluding hydrogens is 120 g/mol. The van der Waals surface area contributed by atoms with Crippen LogP contribution in [-0.2, 0) is 0 Å². The van der Waals surface area contributed by atoms with Crippen LogP contribution in [0.1, 0.15) is 13.8 Å². The summed E-state index contributed by atoms with van der Waals surface area (Å²) in [6.45, 7) is 3.72. The molecule has 0 bridgehead atoms. The van der Waals surface area contributed by atoms with Crippen LogP contribution in [0, 0.1) is 0 Å². The molecule has 3 heteroatoms. The van der Waals surface area contributed by atoms with Gasteiger partial charge in [0.2, 0.25) is 0 Å². The van der Waals surface area contributed by atoms with Gasteiger partial charge in [0.15, 0.2) is 0 Å². The normalized spacial score (nSPS) is 14.4. The average molecular weight is 130 g/mol. The average Bonchev–Trinajstić information content (AvgIpc) is 1.67. The van der Waals surface area contributed by atoms with Crippen molar-refractivity contribution in [1.82, 2.24) is 0 Å². The van der Waals surface area contributed by atoms with Crippen molar-refractivity contribution in [2.24, 2.45) is 10.7 Å². The van der Waals surface area contributed by atoms with Gasteiger partial charge in [-0.3, -0.25) is 0 Å². The van der Waals surface area contributed by atoms with Gasteiger partial charge in [0, 0.05) is 5.70 Å². The molecule has 0 unspecified atom stereocenters. The molecule has 0 saturated heterocycles. The predicted molar refractivity (Wildman–Crippen MR) is 40.0 cm³/mol. The van der Waals surface area contributed by atoms with E-state index in [4.69, 9.17) is 5.73 Å². The van der Waals surface area contributed by atoms with Crippen LogP contribution < -0.4 is 5.73 Å². The van der Waals surface area contributed by atoms with E-state index in [2.05, 4.69) is 17.6 Å². The Kier molecular flexibility index (Phi) is 3.35. The predicted octanol–water partition coefficient (Wildman–Crippen LogP) is 1.15. The minimum Gasteiger partial charge on any atom is -0.390 e. The Morgan fingerprint density at radius 1 is 1.62 bits per heavy atom. The van der Waals surface area contributed by atoms with E-state index < -0.39 is 0 Å². The number of hydrogen-bond donors (Lipinski definition) is 2. The monoisotopic (exact) mass is 130 g/mol. The fraction of sp³-hybridized carbons (Fsp3) is 0.400.